The van der Waals surface area contributed by atoms with E-state index in [1.54, 1.807) is 11.3 Å². The van der Waals surface area contributed by atoms with Crippen molar-refractivity contribution in [2.45, 2.75) is 51.2 Å². The Hall–Kier alpha value is -1.72. The van der Waals surface area contributed by atoms with E-state index in [9.17, 15) is 9.90 Å². The van der Waals surface area contributed by atoms with Crippen molar-refractivity contribution in [2.24, 2.45) is 0 Å². The van der Waals surface area contributed by atoms with Crippen LogP contribution in [0.3, 0.4) is 0 Å². The molecule has 4 nitrogen and oxygen atoms in total. The predicted molar refractivity (Wildman–Crippen MR) is 92.4 cm³/mol. The van der Waals surface area contributed by atoms with Gasteiger partial charge in [0.15, 0.2) is 0 Å². The van der Waals surface area contributed by atoms with E-state index in [0.717, 1.165) is 47.5 Å². The molecule has 122 valence electrons. The van der Waals surface area contributed by atoms with Crippen LogP contribution in [-0.2, 0) is 11.2 Å². The largest absolute Gasteiger partial charge is 0.393 e. The van der Waals surface area contributed by atoms with Crippen LogP contribution in [0.1, 0.15) is 36.3 Å². The molecule has 1 aliphatic rings. The van der Waals surface area contributed by atoms with Gasteiger partial charge >= 0.3 is 0 Å². The maximum Gasteiger partial charge on any atom is 0.224 e. The van der Waals surface area contributed by atoms with Gasteiger partial charge in [-0.05, 0) is 38.2 Å². The number of aryl methyl sites for hydroxylation is 1. The normalized spacial score (nSPS) is 21.1. The van der Waals surface area contributed by atoms with E-state index in [2.05, 4.69) is 15.7 Å². The number of hydrogen-bond donors (Lipinski definition) is 2. The average molecular weight is 330 g/mol. The number of carbonyl (C=O) groups excluding carboxylic acids is 1. The van der Waals surface area contributed by atoms with Crippen LogP contribution in [0.5, 0.6) is 0 Å². The first kappa shape index (κ1) is 16.1. The zero-order valence-corrected chi connectivity index (χ0v) is 14.1. The number of aliphatic hydroxyl groups is 1. The lowest BCUT2D eigenvalue weighted by molar-refractivity contribution is -0.121. The zero-order chi connectivity index (χ0) is 16.2. The van der Waals surface area contributed by atoms with Gasteiger partial charge < -0.3 is 10.4 Å². The van der Waals surface area contributed by atoms with Gasteiger partial charge in [-0.3, -0.25) is 4.79 Å². The fourth-order valence-corrected chi connectivity index (χ4v) is 3.60. The molecule has 2 aromatic rings. The predicted octanol–water partition coefficient (Wildman–Crippen LogP) is 3.08. The van der Waals surface area contributed by atoms with Crippen molar-refractivity contribution in [2.75, 3.05) is 0 Å². The monoisotopic (exact) mass is 330 g/mol. The highest BCUT2D eigenvalue weighted by Crippen LogP contribution is 2.22. The molecule has 0 bridgehead atoms. The number of rotatable bonds is 4. The smallest absolute Gasteiger partial charge is 0.224 e. The van der Waals surface area contributed by atoms with Crippen LogP contribution < -0.4 is 5.32 Å². The van der Waals surface area contributed by atoms with Crippen LogP contribution in [0.4, 0.5) is 0 Å². The molecule has 5 heteroatoms. The van der Waals surface area contributed by atoms with Crippen molar-refractivity contribution in [1.29, 1.82) is 0 Å². The molecule has 0 atom stereocenters. The van der Waals surface area contributed by atoms with Gasteiger partial charge in [-0.2, -0.15) is 0 Å². The molecule has 1 saturated carbocycles. The molecule has 23 heavy (non-hydrogen) atoms. The Morgan fingerprint density at radius 1 is 1.26 bits per heavy atom. The number of hydrogen-bond acceptors (Lipinski definition) is 4. The minimum atomic E-state index is -0.190. The zero-order valence-electron chi connectivity index (χ0n) is 13.3. The number of aromatic nitrogens is 1. The third-order valence-corrected chi connectivity index (χ3v) is 5.07. The van der Waals surface area contributed by atoms with Crippen molar-refractivity contribution in [3.05, 3.63) is 40.2 Å². The van der Waals surface area contributed by atoms with Crippen molar-refractivity contribution in [3.63, 3.8) is 0 Å². The van der Waals surface area contributed by atoms with Gasteiger partial charge in [0, 0.05) is 17.0 Å². The van der Waals surface area contributed by atoms with E-state index in [1.807, 2.05) is 31.2 Å². The Bertz CT molecular complexity index is 658. The lowest BCUT2D eigenvalue weighted by Crippen LogP contribution is -2.39. The van der Waals surface area contributed by atoms with Gasteiger partial charge in [-0.25, -0.2) is 4.98 Å². The van der Waals surface area contributed by atoms with Crippen LogP contribution in [0.2, 0.25) is 0 Å². The molecule has 0 saturated heterocycles. The van der Waals surface area contributed by atoms with Crippen molar-refractivity contribution in [1.82, 2.24) is 10.3 Å². The molecule has 1 fully saturated rings. The summed E-state index contributed by atoms with van der Waals surface area (Å²) in [6.45, 7) is 2.00. The molecule has 1 amide bonds. The van der Waals surface area contributed by atoms with E-state index >= 15 is 0 Å². The van der Waals surface area contributed by atoms with Crippen molar-refractivity contribution in [3.8, 4) is 11.3 Å². The maximum absolute atomic E-state index is 12.1. The highest BCUT2D eigenvalue weighted by molar-refractivity contribution is 7.09. The first-order chi connectivity index (χ1) is 11.1. The van der Waals surface area contributed by atoms with E-state index in [-0.39, 0.29) is 18.1 Å². The molecule has 0 spiro atoms. The Balaban J connectivity index is 1.54. The standard InChI is InChI=1S/C18H22N2O2S/c1-12-19-17(11-23-12)14-4-2-13(3-5-14)10-18(22)20-15-6-8-16(21)9-7-15/h2-5,11,15-16,21H,6-10H2,1H3,(H,20,22). The molecular formula is C18H22N2O2S. The van der Waals surface area contributed by atoms with Gasteiger partial charge in [-0.1, -0.05) is 24.3 Å². The van der Waals surface area contributed by atoms with E-state index in [1.165, 1.54) is 0 Å². The second kappa shape index (κ2) is 7.23. The molecule has 2 N–H and O–H groups in total. The topological polar surface area (TPSA) is 62.2 Å². The Labute approximate surface area is 140 Å². The second-order valence-corrected chi connectivity index (χ2v) is 7.26. The number of nitrogens with zero attached hydrogens (tertiary/aromatic N) is 1. The Kier molecular flexibility index (Phi) is 5.08. The number of benzene rings is 1. The van der Waals surface area contributed by atoms with E-state index < -0.39 is 0 Å². The molecular weight excluding hydrogens is 308 g/mol. The van der Waals surface area contributed by atoms with E-state index in [4.69, 9.17) is 0 Å². The highest BCUT2D eigenvalue weighted by atomic mass is 32.1. The minimum absolute atomic E-state index is 0.0589. The second-order valence-electron chi connectivity index (χ2n) is 6.20. The first-order valence-corrected chi connectivity index (χ1v) is 8.97. The van der Waals surface area contributed by atoms with Gasteiger partial charge in [0.25, 0.3) is 0 Å². The summed E-state index contributed by atoms with van der Waals surface area (Å²) in [5.41, 5.74) is 3.08. The number of thiazole rings is 1. The third-order valence-electron chi connectivity index (χ3n) is 4.30. The number of aliphatic hydroxyl groups excluding tert-OH is 1. The summed E-state index contributed by atoms with van der Waals surface area (Å²) in [5.74, 6) is 0.0589. The summed E-state index contributed by atoms with van der Waals surface area (Å²) >= 11 is 1.64. The highest BCUT2D eigenvalue weighted by Gasteiger charge is 2.20. The Morgan fingerprint density at radius 3 is 2.57 bits per heavy atom. The molecule has 1 aromatic carbocycles. The van der Waals surface area contributed by atoms with Gasteiger partial charge in [0.05, 0.1) is 23.2 Å². The molecule has 1 heterocycles. The molecule has 1 aromatic heterocycles. The number of amides is 1. The van der Waals surface area contributed by atoms with Gasteiger partial charge in [-0.15, -0.1) is 11.3 Å². The summed E-state index contributed by atoms with van der Waals surface area (Å²) in [6.07, 6.45) is 3.52. The summed E-state index contributed by atoms with van der Waals surface area (Å²) in [5, 5.41) is 15.7. The fraction of sp³-hybridized carbons (Fsp3) is 0.444. The quantitative estimate of drug-likeness (QED) is 0.905. The van der Waals surface area contributed by atoms with Crippen molar-refractivity contribution < 1.29 is 9.90 Å². The summed E-state index contributed by atoms with van der Waals surface area (Å²) in [7, 11) is 0. The third kappa shape index (κ3) is 4.39. The molecule has 0 unspecified atom stereocenters. The van der Waals surface area contributed by atoms with Crippen LogP contribution in [-0.4, -0.2) is 28.1 Å². The lowest BCUT2D eigenvalue weighted by atomic mass is 9.93. The SMILES string of the molecule is Cc1nc(-c2ccc(CC(=O)NC3CCC(O)CC3)cc2)cs1. The lowest BCUT2D eigenvalue weighted by Gasteiger charge is -2.26. The van der Waals surface area contributed by atoms with E-state index in [0.29, 0.717) is 6.42 Å². The van der Waals surface area contributed by atoms with Crippen LogP contribution >= 0.6 is 11.3 Å². The average Bonchev–Trinajstić information content (AvgIpc) is 2.97. The molecule has 3 rings (SSSR count). The fourth-order valence-electron chi connectivity index (χ4n) is 2.97. The van der Waals surface area contributed by atoms with Gasteiger partial charge in [0.1, 0.15) is 0 Å². The first-order valence-electron chi connectivity index (χ1n) is 8.09. The summed E-state index contributed by atoms with van der Waals surface area (Å²) in [6, 6.07) is 8.24. The molecule has 0 aliphatic heterocycles. The summed E-state index contributed by atoms with van der Waals surface area (Å²) in [4.78, 5) is 16.6. The number of carbonyl (C=O) groups is 1. The van der Waals surface area contributed by atoms with Crippen LogP contribution in [0, 0.1) is 6.92 Å². The molecule has 1 aliphatic carbocycles. The van der Waals surface area contributed by atoms with Gasteiger partial charge in [0.2, 0.25) is 5.91 Å². The molecule has 0 radical (unpaired) electrons. The van der Waals surface area contributed by atoms with Crippen LogP contribution in [0.25, 0.3) is 11.3 Å². The number of nitrogens with one attached hydrogen (secondary N) is 1. The Morgan fingerprint density at radius 2 is 1.96 bits per heavy atom. The van der Waals surface area contributed by atoms with Crippen LogP contribution in [0.15, 0.2) is 29.6 Å². The van der Waals surface area contributed by atoms with Crippen molar-refractivity contribution >= 4 is 17.2 Å². The minimum Gasteiger partial charge on any atom is -0.393 e. The maximum atomic E-state index is 12.1. The summed E-state index contributed by atoms with van der Waals surface area (Å²) < 4.78 is 0.